The van der Waals surface area contributed by atoms with Gasteiger partial charge in [-0.3, -0.25) is 0 Å². The maximum Gasteiger partial charge on any atom is 0.338 e. The van der Waals surface area contributed by atoms with Gasteiger partial charge in [-0.15, -0.1) is 0 Å². The van der Waals surface area contributed by atoms with E-state index in [4.69, 9.17) is 10.2 Å². The summed E-state index contributed by atoms with van der Waals surface area (Å²) in [6.45, 7) is 0. The standard InChI is InChI=1S/C10H9FO4/c11-8(10(14)15)5-6-1-3-7(4-2-6)9(12)13/h1-4,8H,5H2,(H,12,13)(H,14,15). The van der Waals surface area contributed by atoms with Gasteiger partial charge in [0.05, 0.1) is 5.56 Å². The molecule has 1 aromatic carbocycles. The molecular formula is C10H9FO4. The Kier molecular flexibility index (Phi) is 3.38. The Morgan fingerprint density at radius 3 is 2.13 bits per heavy atom. The van der Waals surface area contributed by atoms with Crippen LogP contribution in [0.3, 0.4) is 0 Å². The van der Waals surface area contributed by atoms with Crippen molar-refractivity contribution in [2.24, 2.45) is 0 Å². The van der Waals surface area contributed by atoms with Gasteiger partial charge in [0.25, 0.3) is 0 Å². The minimum absolute atomic E-state index is 0.0875. The average Bonchev–Trinajstić information content (AvgIpc) is 2.18. The molecule has 0 aromatic heterocycles. The Balaban J connectivity index is 2.72. The van der Waals surface area contributed by atoms with Gasteiger partial charge >= 0.3 is 11.9 Å². The van der Waals surface area contributed by atoms with Crippen molar-refractivity contribution in [3.63, 3.8) is 0 Å². The summed E-state index contributed by atoms with van der Waals surface area (Å²) in [5, 5.41) is 16.9. The Morgan fingerprint density at radius 2 is 1.73 bits per heavy atom. The number of halogens is 1. The highest BCUT2D eigenvalue weighted by atomic mass is 19.1. The van der Waals surface area contributed by atoms with Crippen molar-refractivity contribution in [3.8, 4) is 0 Å². The minimum atomic E-state index is -1.96. The molecule has 0 saturated carbocycles. The molecule has 0 aliphatic carbocycles. The van der Waals surface area contributed by atoms with E-state index in [0.29, 0.717) is 5.56 Å². The number of rotatable bonds is 4. The number of carboxylic acid groups (broad SMARTS) is 2. The highest BCUT2D eigenvalue weighted by Gasteiger charge is 2.16. The molecule has 0 amide bonds. The molecule has 2 N–H and O–H groups in total. The van der Waals surface area contributed by atoms with Gasteiger partial charge in [0, 0.05) is 6.42 Å². The topological polar surface area (TPSA) is 74.6 Å². The van der Waals surface area contributed by atoms with Gasteiger partial charge < -0.3 is 10.2 Å². The van der Waals surface area contributed by atoms with Crippen LogP contribution in [0, 0.1) is 0 Å². The molecule has 1 atom stereocenters. The van der Waals surface area contributed by atoms with Crippen LogP contribution in [0.5, 0.6) is 0 Å². The van der Waals surface area contributed by atoms with Crippen molar-refractivity contribution < 1.29 is 24.2 Å². The lowest BCUT2D eigenvalue weighted by Gasteiger charge is -2.03. The number of benzene rings is 1. The lowest BCUT2D eigenvalue weighted by Crippen LogP contribution is -2.17. The van der Waals surface area contributed by atoms with E-state index in [2.05, 4.69) is 0 Å². The molecule has 5 heteroatoms. The van der Waals surface area contributed by atoms with Crippen LogP contribution in [-0.2, 0) is 11.2 Å². The molecule has 0 radical (unpaired) electrons. The molecule has 0 spiro atoms. The van der Waals surface area contributed by atoms with E-state index < -0.39 is 18.1 Å². The molecule has 0 bridgehead atoms. The first-order valence-electron chi connectivity index (χ1n) is 4.20. The molecule has 1 rings (SSSR count). The molecule has 1 aromatic rings. The van der Waals surface area contributed by atoms with Crippen molar-refractivity contribution in [3.05, 3.63) is 35.4 Å². The van der Waals surface area contributed by atoms with E-state index >= 15 is 0 Å². The van der Waals surface area contributed by atoms with Gasteiger partial charge in [0.1, 0.15) is 0 Å². The summed E-state index contributed by atoms with van der Waals surface area (Å²) in [5.41, 5.74) is 0.541. The van der Waals surface area contributed by atoms with Gasteiger partial charge in [-0.25, -0.2) is 14.0 Å². The van der Waals surface area contributed by atoms with Gasteiger partial charge in [0.15, 0.2) is 0 Å². The van der Waals surface area contributed by atoms with Crippen LogP contribution in [0.1, 0.15) is 15.9 Å². The fourth-order valence-corrected chi connectivity index (χ4v) is 1.08. The molecule has 0 aliphatic heterocycles. The summed E-state index contributed by atoms with van der Waals surface area (Å²) in [4.78, 5) is 20.7. The quantitative estimate of drug-likeness (QED) is 0.789. The average molecular weight is 212 g/mol. The van der Waals surface area contributed by atoms with E-state index in [1.165, 1.54) is 24.3 Å². The van der Waals surface area contributed by atoms with Crippen molar-refractivity contribution in [2.75, 3.05) is 0 Å². The van der Waals surface area contributed by atoms with Gasteiger partial charge in [-0.05, 0) is 17.7 Å². The summed E-state index contributed by atoms with van der Waals surface area (Å²) >= 11 is 0. The van der Waals surface area contributed by atoms with E-state index in [-0.39, 0.29) is 12.0 Å². The fraction of sp³-hybridized carbons (Fsp3) is 0.200. The van der Waals surface area contributed by atoms with Gasteiger partial charge in [-0.2, -0.15) is 0 Å². The zero-order valence-electron chi connectivity index (χ0n) is 7.68. The zero-order chi connectivity index (χ0) is 11.4. The first kappa shape index (κ1) is 11.2. The first-order valence-corrected chi connectivity index (χ1v) is 4.20. The number of alkyl halides is 1. The van der Waals surface area contributed by atoms with Crippen LogP contribution in [0.25, 0.3) is 0 Å². The molecule has 0 fully saturated rings. The van der Waals surface area contributed by atoms with Crippen LogP contribution in [0.15, 0.2) is 24.3 Å². The van der Waals surface area contributed by atoms with E-state index in [1.54, 1.807) is 0 Å². The van der Waals surface area contributed by atoms with Crippen LogP contribution in [0.4, 0.5) is 4.39 Å². The number of carboxylic acids is 2. The first-order chi connectivity index (χ1) is 7.00. The lowest BCUT2D eigenvalue weighted by atomic mass is 10.1. The minimum Gasteiger partial charge on any atom is -0.479 e. The predicted molar refractivity (Wildman–Crippen MR) is 49.6 cm³/mol. The zero-order valence-corrected chi connectivity index (χ0v) is 7.68. The second-order valence-corrected chi connectivity index (χ2v) is 3.01. The summed E-state index contributed by atoms with van der Waals surface area (Å²) in [6.07, 6.45) is -2.21. The van der Waals surface area contributed by atoms with Crippen molar-refractivity contribution >= 4 is 11.9 Å². The number of hydrogen-bond acceptors (Lipinski definition) is 2. The molecule has 1 unspecified atom stereocenters. The largest absolute Gasteiger partial charge is 0.479 e. The Labute approximate surface area is 85.0 Å². The van der Waals surface area contributed by atoms with E-state index in [1.807, 2.05) is 0 Å². The maximum atomic E-state index is 12.8. The molecule has 0 heterocycles. The molecule has 15 heavy (non-hydrogen) atoms. The Hall–Kier alpha value is -1.91. The van der Waals surface area contributed by atoms with Crippen LogP contribution in [0.2, 0.25) is 0 Å². The Morgan fingerprint density at radius 1 is 1.20 bits per heavy atom. The molecule has 80 valence electrons. The third-order valence-electron chi connectivity index (χ3n) is 1.88. The third kappa shape index (κ3) is 3.05. The second kappa shape index (κ2) is 4.54. The monoisotopic (exact) mass is 212 g/mol. The van der Waals surface area contributed by atoms with E-state index in [0.717, 1.165) is 0 Å². The van der Waals surface area contributed by atoms with E-state index in [9.17, 15) is 14.0 Å². The number of hydrogen-bond donors (Lipinski definition) is 2. The summed E-state index contributed by atoms with van der Waals surface area (Å²) in [7, 11) is 0. The SMILES string of the molecule is O=C(O)c1ccc(CC(F)C(=O)O)cc1. The summed E-state index contributed by atoms with van der Waals surface area (Å²) < 4.78 is 12.8. The van der Waals surface area contributed by atoms with Gasteiger partial charge in [0.2, 0.25) is 6.17 Å². The molecule has 0 saturated heterocycles. The van der Waals surface area contributed by atoms with Crippen LogP contribution < -0.4 is 0 Å². The van der Waals surface area contributed by atoms with Crippen LogP contribution in [-0.4, -0.2) is 28.3 Å². The number of aliphatic carboxylic acids is 1. The maximum absolute atomic E-state index is 12.8. The highest BCUT2D eigenvalue weighted by molar-refractivity contribution is 5.87. The van der Waals surface area contributed by atoms with Crippen molar-refractivity contribution in [1.29, 1.82) is 0 Å². The third-order valence-corrected chi connectivity index (χ3v) is 1.88. The Bertz CT molecular complexity index is 372. The van der Waals surface area contributed by atoms with Crippen LogP contribution >= 0.6 is 0 Å². The predicted octanol–water partition coefficient (Wildman–Crippen LogP) is 1.35. The number of aromatic carboxylic acids is 1. The second-order valence-electron chi connectivity index (χ2n) is 3.01. The van der Waals surface area contributed by atoms with Crippen molar-refractivity contribution in [1.82, 2.24) is 0 Å². The fourth-order valence-electron chi connectivity index (χ4n) is 1.08. The normalized spacial score (nSPS) is 12.1. The smallest absolute Gasteiger partial charge is 0.338 e. The van der Waals surface area contributed by atoms with Crippen molar-refractivity contribution in [2.45, 2.75) is 12.6 Å². The number of carbonyl (C=O) groups is 2. The molecule has 0 aliphatic rings. The molecule has 4 nitrogen and oxygen atoms in total. The lowest BCUT2D eigenvalue weighted by molar-refractivity contribution is -0.142. The highest BCUT2D eigenvalue weighted by Crippen LogP contribution is 2.08. The summed E-state index contributed by atoms with van der Waals surface area (Å²) in [5.74, 6) is -2.59. The van der Waals surface area contributed by atoms with Gasteiger partial charge in [-0.1, -0.05) is 12.1 Å². The summed E-state index contributed by atoms with van der Waals surface area (Å²) in [6, 6.07) is 5.43. The molecular weight excluding hydrogens is 203 g/mol.